The Morgan fingerprint density at radius 3 is 1.98 bits per heavy atom. The third-order valence-electron chi connectivity index (χ3n) is 7.11. The Labute approximate surface area is 241 Å². The Balaban J connectivity index is 1.63. The van der Waals surface area contributed by atoms with Crippen LogP contribution in [-0.4, -0.2) is 42.0 Å². The molecule has 3 heterocycles. The fourth-order valence-electron chi connectivity index (χ4n) is 5.36. The number of ether oxygens (including phenoxy) is 2. The van der Waals surface area contributed by atoms with Gasteiger partial charge in [0, 0.05) is 47.5 Å². The predicted molar refractivity (Wildman–Crippen MR) is 136 cm³/mol. The van der Waals surface area contributed by atoms with Crippen molar-refractivity contribution in [2.45, 2.75) is 30.8 Å². The van der Waals surface area contributed by atoms with Crippen LogP contribution in [0.2, 0.25) is 0 Å². The van der Waals surface area contributed by atoms with Crippen molar-refractivity contribution in [1.82, 2.24) is 0 Å². The van der Waals surface area contributed by atoms with Gasteiger partial charge in [-0.1, -0.05) is 18.2 Å². The Morgan fingerprint density at radius 2 is 1.34 bits per heavy atom. The summed E-state index contributed by atoms with van der Waals surface area (Å²) in [7, 11) is 0. The third kappa shape index (κ3) is 4.40. The van der Waals surface area contributed by atoms with Crippen LogP contribution in [0.15, 0.2) is 54.6 Å². The number of carbonyl (C=O) groups is 5. The lowest BCUT2D eigenvalue weighted by Gasteiger charge is -2.39. The van der Waals surface area contributed by atoms with Gasteiger partial charge in [-0.3, -0.25) is 19.2 Å². The lowest BCUT2D eigenvalue weighted by Crippen LogP contribution is -2.38. The summed E-state index contributed by atoms with van der Waals surface area (Å²) in [4.78, 5) is 63.1. The average Bonchev–Trinajstić information content (AvgIpc) is 3.42. The highest BCUT2D eigenvalue weighted by Gasteiger charge is 2.56. The highest BCUT2D eigenvalue weighted by Crippen LogP contribution is 2.60. The number of amides is 4. The maximum absolute atomic E-state index is 13.2. The van der Waals surface area contributed by atoms with Gasteiger partial charge in [-0.05, 0) is 24.3 Å². The second-order valence-electron chi connectivity index (χ2n) is 9.82. The van der Waals surface area contributed by atoms with E-state index in [9.17, 15) is 50.3 Å². The van der Waals surface area contributed by atoms with Crippen LogP contribution in [0.25, 0.3) is 0 Å². The van der Waals surface area contributed by atoms with Crippen molar-refractivity contribution in [3.63, 3.8) is 0 Å². The van der Waals surface area contributed by atoms with E-state index in [-0.39, 0.29) is 46.5 Å². The lowest BCUT2D eigenvalue weighted by molar-refractivity contribution is -0.167. The number of nitrogens with one attached hydrogen (secondary N) is 2. The van der Waals surface area contributed by atoms with Crippen LogP contribution < -0.4 is 20.3 Å². The molecule has 0 saturated carbocycles. The molecule has 3 aliphatic rings. The van der Waals surface area contributed by atoms with Gasteiger partial charge in [0.15, 0.2) is 5.60 Å². The molecule has 3 aromatic rings. The molecule has 3 aromatic carbocycles. The first-order valence-corrected chi connectivity index (χ1v) is 12.6. The molecule has 0 bridgehead atoms. The van der Waals surface area contributed by atoms with E-state index in [2.05, 4.69) is 0 Å². The van der Waals surface area contributed by atoms with Gasteiger partial charge in [0.1, 0.15) is 11.5 Å². The van der Waals surface area contributed by atoms with Crippen LogP contribution in [0, 0.1) is 0 Å². The number of hydrogen-bond acceptors (Lipinski definition) is 7. The van der Waals surface area contributed by atoms with Crippen molar-refractivity contribution in [1.29, 1.82) is 0 Å². The number of imide groups is 1. The molecule has 2 N–H and O–H groups in total. The number of hydrogen-bond donors (Lipinski definition) is 2. The molecule has 1 unspecified atom stereocenters. The first kappa shape index (κ1) is 28.7. The summed E-state index contributed by atoms with van der Waals surface area (Å²) in [5, 5.41) is 3.28. The number of halogens is 6. The molecule has 1 atom stereocenters. The number of fused-ring (bicyclic) bond motifs is 6. The summed E-state index contributed by atoms with van der Waals surface area (Å²) in [6, 6.07) is 11.0. The molecular formula is C28H15F6N3O7. The van der Waals surface area contributed by atoms with Crippen LogP contribution >= 0.6 is 0 Å². The molecule has 1 fully saturated rings. The molecule has 0 aliphatic carbocycles. The molecule has 6 rings (SSSR count). The van der Waals surface area contributed by atoms with E-state index < -0.39 is 64.7 Å². The average molecular weight is 619 g/mol. The minimum Gasteiger partial charge on any atom is -0.456 e. The van der Waals surface area contributed by atoms with E-state index in [0.717, 1.165) is 24.3 Å². The van der Waals surface area contributed by atoms with Crippen molar-refractivity contribution in [2.75, 3.05) is 15.5 Å². The number of esters is 1. The van der Waals surface area contributed by atoms with Crippen LogP contribution in [0.1, 0.15) is 39.9 Å². The van der Waals surface area contributed by atoms with Crippen LogP contribution in [0.5, 0.6) is 11.5 Å². The van der Waals surface area contributed by atoms with Gasteiger partial charge in [-0.15, -0.1) is 0 Å². The lowest BCUT2D eigenvalue weighted by atomic mass is 9.76. The predicted octanol–water partition coefficient (Wildman–Crippen LogP) is 4.91. The topological polar surface area (TPSA) is 131 Å². The van der Waals surface area contributed by atoms with Crippen LogP contribution in [0.4, 0.5) is 43.4 Å². The minimum absolute atomic E-state index is 0.0132. The highest BCUT2D eigenvalue weighted by atomic mass is 19.4. The van der Waals surface area contributed by atoms with Gasteiger partial charge >= 0.3 is 30.1 Å². The normalized spacial score (nSPS) is 18.8. The third-order valence-corrected chi connectivity index (χ3v) is 7.11. The molecule has 4 amide bonds. The van der Waals surface area contributed by atoms with Gasteiger partial charge in [-0.2, -0.15) is 26.3 Å². The van der Waals surface area contributed by atoms with Crippen molar-refractivity contribution < 1.29 is 59.8 Å². The van der Waals surface area contributed by atoms with Crippen LogP contribution in [-0.2, 0) is 29.5 Å². The Morgan fingerprint density at radius 1 is 0.750 bits per heavy atom. The number of alkyl halides is 6. The fraction of sp³-hybridized carbons (Fsp3) is 0.179. The molecule has 226 valence electrons. The summed E-state index contributed by atoms with van der Waals surface area (Å²) in [5.74, 6) is -7.81. The molecule has 44 heavy (non-hydrogen) atoms. The summed E-state index contributed by atoms with van der Waals surface area (Å²) in [5.41, 5.74) is -3.41. The second kappa shape index (κ2) is 9.55. The van der Waals surface area contributed by atoms with E-state index in [0.29, 0.717) is 4.90 Å². The maximum Gasteiger partial charge on any atom is 0.471 e. The van der Waals surface area contributed by atoms with E-state index in [4.69, 9.17) is 9.47 Å². The summed E-state index contributed by atoms with van der Waals surface area (Å²) >= 11 is 0. The largest absolute Gasteiger partial charge is 0.471 e. The van der Waals surface area contributed by atoms with Crippen molar-refractivity contribution in [3.8, 4) is 11.5 Å². The quantitative estimate of drug-likeness (QED) is 0.242. The molecule has 16 heteroatoms. The molecule has 0 radical (unpaired) electrons. The number of anilines is 3. The SMILES string of the molecule is O=C1OC2(c3ccc(NC(=O)C(F)(F)F)cc3Oc3cc(NC(=O)C(F)(F)F)cc(N4C(=O)CCC4=O)c32)c2ccccc21. The maximum atomic E-state index is 13.2. The fourth-order valence-corrected chi connectivity index (χ4v) is 5.36. The zero-order valence-corrected chi connectivity index (χ0v) is 21.7. The van der Waals surface area contributed by atoms with Crippen LogP contribution in [0.3, 0.4) is 0 Å². The molecule has 10 nitrogen and oxygen atoms in total. The molecule has 3 aliphatic heterocycles. The summed E-state index contributed by atoms with van der Waals surface area (Å²) in [6.07, 6.45) is -11.1. The molecule has 1 spiro atoms. The Bertz CT molecular complexity index is 1800. The molecule has 0 aromatic heterocycles. The van der Waals surface area contributed by atoms with Crippen molar-refractivity contribution in [3.05, 3.63) is 76.9 Å². The standard InChI is InChI=1S/C28H15F6N3O7/c29-27(30,31)24(41)35-12-5-6-16-18(10-12)43-19-11-13(36-25(42)28(32,33)34)9-17(37-20(38)7-8-21(37)39)22(19)26(16)15-4-2-1-3-14(15)23(40)44-26/h1-6,9-11H,7-8H2,(H,35,41)(H,36,42). The molecular weight excluding hydrogens is 604 g/mol. The van der Waals surface area contributed by atoms with Gasteiger partial charge in [-0.25, -0.2) is 9.69 Å². The van der Waals surface area contributed by atoms with Gasteiger partial charge < -0.3 is 20.1 Å². The minimum atomic E-state index is -5.34. The highest BCUT2D eigenvalue weighted by molar-refractivity contribution is 6.21. The number of benzene rings is 3. The second-order valence-corrected chi connectivity index (χ2v) is 9.82. The number of carbonyl (C=O) groups excluding carboxylic acids is 5. The first-order valence-electron chi connectivity index (χ1n) is 12.6. The van der Waals surface area contributed by atoms with E-state index >= 15 is 0 Å². The van der Waals surface area contributed by atoms with Crippen molar-refractivity contribution >= 4 is 46.7 Å². The first-order chi connectivity index (χ1) is 20.6. The number of rotatable bonds is 3. The van der Waals surface area contributed by atoms with Gasteiger partial charge in [0.25, 0.3) is 0 Å². The van der Waals surface area contributed by atoms with E-state index in [1.165, 1.54) is 30.3 Å². The van der Waals surface area contributed by atoms with E-state index in [1.54, 1.807) is 10.6 Å². The number of nitrogens with zero attached hydrogens (tertiary/aromatic N) is 1. The van der Waals surface area contributed by atoms with Gasteiger partial charge in [0.2, 0.25) is 11.8 Å². The zero-order valence-electron chi connectivity index (χ0n) is 21.7. The van der Waals surface area contributed by atoms with E-state index in [1.807, 2.05) is 0 Å². The smallest absolute Gasteiger partial charge is 0.456 e. The van der Waals surface area contributed by atoms with Crippen molar-refractivity contribution in [2.24, 2.45) is 0 Å². The summed E-state index contributed by atoms with van der Waals surface area (Å²) < 4.78 is 90.1. The van der Waals surface area contributed by atoms with Gasteiger partial charge in [0.05, 0.1) is 16.8 Å². The monoisotopic (exact) mass is 619 g/mol. The zero-order chi connectivity index (χ0) is 31.8. The molecule has 1 saturated heterocycles. The summed E-state index contributed by atoms with van der Waals surface area (Å²) in [6.45, 7) is 0. The Hall–Kier alpha value is -5.41. The Kier molecular flexibility index (Phi) is 6.23.